The number of benzene rings is 3. The van der Waals surface area contributed by atoms with E-state index < -0.39 is 10.0 Å². The van der Waals surface area contributed by atoms with Crippen molar-refractivity contribution in [3.05, 3.63) is 93.4 Å². The van der Waals surface area contributed by atoms with E-state index in [1.807, 2.05) is 36.4 Å². The summed E-state index contributed by atoms with van der Waals surface area (Å²) in [6.45, 7) is 0.384. The zero-order valence-electron chi connectivity index (χ0n) is 14.5. The Morgan fingerprint density at radius 2 is 1.68 bits per heavy atom. The molecule has 3 rings (SSSR count). The molecule has 0 atom stereocenters. The Kier molecular flexibility index (Phi) is 6.72. The Labute approximate surface area is 177 Å². The SMILES string of the molecule is O=S(=O)(N/N=C\c1ccccc1OCc1ccc(Br)cc1)c1ccc(Cl)cc1. The van der Waals surface area contributed by atoms with Crippen LogP contribution in [-0.2, 0) is 16.6 Å². The lowest BCUT2D eigenvalue weighted by molar-refractivity contribution is 0.306. The normalized spacial score (nSPS) is 11.5. The van der Waals surface area contributed by atoms with Crippen molar-refractivity contribution in [2.24, 2.45) is 5.10 Å². The van der Waals surface area contributed by atoms with Gasteiger partial charge in [-0.15, -0.1) is 0 Å². The van der Waals surface area contributed by atoms with Gasteiger partial charge in [0.1, 0.15) is 12.4 Å². The molecule has 0 aromatic heterocycles. The van der Waals surface area contributed by atoms with E-state index in [0.717, 1.165) is 10.0 Å². The van der Waals surface area contributed by atoms with E-state index in [4.69, 9.17) is 16.3 Å². The number of ether oxygens (including phenoxy) is 1. The van der Waals surface area contributed by atoms with Gasteiger partial charge in [-0.05, 0) is 54.1 Å². The molecule has 5 nitrogen and oxygen atoms in total. The number of sulfonamides is 1. The van der Waals surface area contributed by atoms with E-state index in [2.05, 4.69) is 25.9 Å². The number of hydrazone groups is 1. The molecule has 0 spiro atoms. The number of hydrogen-bond acceptors (Lipinski definition) is 4. The predicted molar refractivity (Wildman–Crippen MR) is 114 cm³/mol. The maximum absolute atomic E-state index is 12.3. The number of nitrogens with one attached hydrogen (secondary N) is 1. The highest BCUT2D eigenvalue weighted by molar-refractivity contribution is 9.10. The second-order valence-electron chi connectivity index (χ2n) is 5.76. The molecular weight excluding hydrogens is 464 g/mol. The minimum atomic E-state index is -3.77. The van der Waals surface area contributed by atoms with Crippen LogP contribution in [0.1, 0.15) is 11.1 Å². The maximum Gasteiger partial charge on any atom is 0.276 e. The fourth-order valence-electron chi connectivity index (χ4n) is 2.29. The molecule has 3 aromatic carbocycles. The van der Waals surface area contributed by atoms with Crippen molar-refractivity contribution < 1.29 is 13.2 Å². The number of halogens is 2. The summed E-state index contributed by atoms with van der Waals surface area (Å²) in [7, 11) is -3.77. The fraction of sp³-hybridized carbons (Fsp3) is 0.0500. The van der Waals surface area contributed by atoms with Gasteiger partial charge in [-0.2, -0.15) is 13.5 Å². The molecular formula is C20H16BrClN2O3S. The van der Waals surface area contributed by atoms with Crippen molar-refractivity contribution in [3.63, 3.8) is 0 Å². The first kappa shape index (κ1) is 20.4. The highest BCUT2D eigenvalue weighted by Crippen LogP contribution is 2.19. The molecule has 28 heavy (non-hydrogen) atoms. The Morgan fingerprint density at radius 3 is 2.39 bits per heavy atom. The number of hydrogen-bond donors (Lipinski definition) is 1. The van der Waals surface area contributed by atoms with Crippen molar-refractivity contribution in [1.82, 2.24) is 4.83 Å². The number of para-hydroxylation sites is 1. The predicted octanol–water partition coefficient (Wildman–Crippen LogP) is 4.99. The standard InChI is InChI=1S/C20H16BrClN2O3S/c21-17-7-5-15(6-8-17)14-27-20-4-2-1-3-16(20)13-23-24-28(25,26)19-11-9-18(22)10-12-19/h1-13,24H,14H2/b23-13-. The quantitative estimate of drug-likeness (QED) is 0.383. The van der Waals surface area contributed by atoms with Crippen LogP contribution in [0.15, 0.2) is 87.3 Å². The summed E-state index contributed by atoms with van der Waals surface area (Å²) in [5.74, 6) is 0.597. The second-order valence-corrected chi connectivity index (χ2v) is 8.77. The van der Waals surface area contributed by atoms with Gasteiger partial charge in [-0.3, -0.25) is 0 Å². The number of nitrogens with zero attached hydrogens (tertiary/aromatic N) is 1. The van der Waals surface area contributed by atoms with Crippen molar-refractivity contribution in [2.45, 2.75) is 11.5 Å². The number of rotatable bonds is 7. The summed E-state index contributed by atoms with van der Waals surface area (Å²) in [5.41, 5.74) is 1.66. The maximum atomic E-state index is 12.3. The lowest BCUT2D eigenvalue weighted by atomic mass is 10.2. The zero-order valence-corrected chi connectivity index (χ0v) is 17.7. The molecule has 0 radical (unpaired) electrons. The van der Waals surface area contributed by atoms with E-state index in [1.54, 1.807) is 12.1 Å². The molecule has 1 N–H and O–H groups in total. The minimum absolute atomic E-state index is 0.0776. The molecule has 0 aliphatic rings. The molecule has 144 valence electrons. The molecule has 0 heterocycles. The van der Waals surface area contributed by atoms with Crippen molar-refractivity contribution in [3.8, 4) is 5.75 Å². The van der Waals surface area contributed by atoms with E-state index >= 15 is 0 Å². The van der Waals surface area contributed by atoms with E-state index in [1.165, 1.54) is 30.5 Å². The Bertz CT molecular complexity index is 1070. The lowest BCUT2D eigenvalue weighted by Crippen LogP contribution is -2.18. The molecule has 0 amide bonds. The average molecular weight is 480 g/mol. The first-order chi connectivity index (χ1) is 13.4. The third-order valence-electron chi connectivity index (χ3n) is 3.73. The van der Waals surface area contributed by atoms with Crippen LogP contribution in [0.3, 0.4) is 0 Å². The van der Waals surface area contributed by atoms with Crippen molar-refractivity contribution in [1.29, 1.82) is 0 Å². The van der Waals surface area contributed by atoms with Gasteiger partial charge in [0.25, 0.3) is 10.0 Å². The van der Waals surface area contributed by atoms with Crippen LogP contribution in [-0.4, -0.2) is 14.6 Å². The molecule has 0 aliphatic heterocycles. The average Bonchev–Trinajstić information content (AvgIpc) is 2.69. The molecule has 0 saturated heterocycles. The summed E-state index contributed by atoms with van der Waals surface area (Å²) < 4.78 is 31.3. The minimum Gasteiger partial charge on any atom is -0.488 e. The Morgan fingerprint density at radius 1 is 1.00 bits per heavy atom. The Hall–Kier alpha value is -2.35. The molecule has 3 aromatic rings. The van der Waals surface area contributed by atoms with Crippen LogP contribution < -0.4 is 9.57 Å². The summed E-state index contributed by atoms with van der Waals surface area (Å²) in [6, 6.07) is 20.9. The Balaban J connectivity index is 1.68. The van der Waals surface area contributed by atoms with Gasteiger partial charge in [0.15, 0.2) is 0 Å². The largest absolute Gasteiger partial charge is 0.488 e. The smallest absolute Gasteiger partial charge is 0.276 e. The van der Waals surface area contributed by atoms with Crippen molar-refractivity contribution in [2.75, 3.05) is 0 Å². The van der Waals surface area contributed by atoms with Gasteiger partial charge >= 0.3 is 0 Å². The molecule has 0 saturated carbocycles. The third kappa shape index (κ3) is 5.58. The molecule has 8 heteroatoms. The molecule has 0 unspecified atom stereocenters. The summed E-state index contributed by atoms with van der Waals surface area (Å²) >= 11 is 9.18. The van der Waals surface area contributed by atoms with Gasteiger partial charge in [-0.25, -0.2) is 4.83 Å². The summed E-state index contributed by atoms with van der Waals surface area (Å²) in [5, 5.41) is 4.31. The van der Waals surface area contributed by atoms with Crippen LogP contribution >= 0.6 is 27.5 Å². The van der Waals surface area contributed by atoms with E-state index in [-0.39, 0.29) is 4.90 Å². The monoisotopic (exact) mass is 478 g/mol. The topological polar surface area (TPSA) is 67.8 Å². The van der Waals surface area contributed by atoms with E-state index in [9.17, 15) is 8.42 Å². The summed E-state index contributed by atoms with van der Waals surface area (Å²) in [6.07, 6.45) is 1.41. The molecule has 0 fully saturated rings. The fourth-order valence-corrected chi connectivity index (χ4v) is 3.47. The van der Waals surface area contributed by atoms with Gasteiger partial charge in [0.2, 0.25) is 0 Å². The molecule has 0 bridgehead atoms. The zero-order chi connectivity index (χ0) is 20.0. The molecule has 0 aliphatic carbocycles. The van der Waals surface area contributed by atoms with Crippen LogP contribution in [0.25, 0.3) is 0 Å². The van der Waals surface area contributed by atoms with Crippen LogP contribution in [0.5, 0.6) is 5.75 Å². The van der Waals surface area contributed by atoms with Crippen LogP contribution in [0.2, 0.25) is 5.02 Å². The first-order valence-corrected chi connectivity index (χ1v) is 10.9. The van der Waals surface area contributed by atoms with E-state index in [0.29, 0.717) is 22.9 Å². The van der Waals surface area contributed by atoms with Gasteiger partial charge in [0.05, 0.1) is 11.1 Å². The lowest BCUT2D eigenvalue weighted by Gasteiger charge is -2.09. The first-order valence-electron chi connectivity index (χ1n) is 8.21. The van der Waals surface area contributed by atoms with Crippen molar-refractivity contribution >= 4 is 43.8 Å². The van der Waals surface area contributed by atoms with Gasteiger partial charge in [0, 0.05) is 15.1 Å². The van der Waals surface area contributed by atoms with Crippen LogP contribution in [0, 0.1) is 0 Å². The van der Waals surface area contributed by atoms with Gasteiger partial charge in [-0.1, -0.05) is 51.8 Å². The highest BCUT2D eigenvalue weighted by Gasteiger charge is 2.12. The van der Waals surface area contributed by atoms with Crippen LogP contribution in [0.4, 0.5) is 0 Å². The summed E-state index contributed by atoms with van der Waals surface area (Å²) in [4.78, 5) is 2.27. The third-order valence-corrected chi connectivity index (χ3v) is 5.75. The highest BCUT2D eigenvalue weighted by atomic mass is 79.9. The van der Waals surface area contributed by atoms with Gasteiger partial charge < -0.3 is 4.74 Å². The second kappa shape index (κ2) is 9.23.